The van der Waals surface area contributed by atoms with E-state index in [-0.39, 0.29) is 23.3 Å². The van der Waals surface area contributed by atoms with Crippen molar-refractivity contribution in [2.75, 3.05) is 45.2 Å². The summed E-state index contributed by atoms with van der Waals surface area (Å²) in [5.74, 6) is 0.739. The normalized spacial score (nSPS) is 20.6. The van der Waals surface area contributed by atoms with Gasteiger partial charge in [-0.25, -0.2) is 4.98 Å². The summed E-state index contributed by atoms with van der Waals surface area (Å²) in [6.07, 6.45) is 8.62. The Balaban J connectivity index is 1.13. The number of ether oxygens (including phenoxy) is 1. The quantitative estimate of drug-likeness (QED) is 0.663. The first-order valence-corrected chi connectivity index (χ1v) is 12.5. The molecule has 0 unspecified atom stereocenters. The molecule has 0 atom stereocenters. The molecule has 0 radical (unpaired) electrons. The van der Waals surface area contributed by atoms with Gasteiger partial charge in [-0.15, -0.1) is 11.3 Å². The van der Waals surface area contributed by atoms with E-state index in [0.717, 1.165) is 43.5 Å². The molecule has 1 spiro atoms. The summed E-state index contributed by atoms with van der Waals surface area (Å²) in [6.45, 7) is 3.83. The number of anilines is 1. The maximum Gasteiger partial charge on any atom is 0.246 e. The van der Waals surface area contributed by atoms with Gasteiger partial charge in [0, 0.05) is 36.7 Å². The van der Waals surface area contributed by atoms with E-state index >= 15 is 0 Å². The minimum atomic E-state index is -0.338. The molecule has 2 saturated heterocycles. The third kappa shape index (κ3) is 4.88. The number of nitrogens with zero attached hydrogens (tertiary/aromatic N) is 3. The zero-order valence-electron chi connectivity index (χ0n) is 19.0. The molecule has 174 valence electrons. The van der Waals surface area contributed by atoms with Crippen molar-refractivity contribution >= 4 is 35.0 Å². The van der Waals surface area contributed by atoms with Crippen molar-refractivity contribution in [3.05, 3.63) is 51.9 Å². The van der Waals surface area contributed by atoms with Crippen LogP contribution in [0.25, 0.3) is 6.08 Å². The average molecular weight is 467 g/mol. The molecule has 8 heteroatoms. The molecule has 0 aromatic carbocycles. The van der Waals surface area contributed by atoms with Crippen LogP contribution in [-0.2, 0) is 27.2 Å². The first-order valence-electron chi connectivity index (χ1n) is 11.6. The third-order valence-electron chi connectivity index (χ3n) is 7.03. The summed E-state index contributed by atoms with van der Waals surface area (Å²) >= 11 is 1.74. The predicted molar refractivity (Wildman–Crippen MR) is 129 cm³/mol. The number of carbonyl (C=O) groups is 2. The molecule has 0 bridgehead atoms. The van der Waals surface area contributed by atoms with Gasteiger partial charge in [-0.2, -0.15) is 0 Å². The second-order valence-corrected chi connectivity index (χ2v) is 10.4. The van der Waals surface area contributed by atoms with Gasteiger partial charge in [0.15, 0.2) is 0 Å². The Hall–Kier alpha value is -2.55. The van der Waals surface area contributed by atoms with Crippen LogP contribution in [0.1, 0.15) is 28.8 Å². The summed E-state index contributed by atoms with van der Waals surface area (Å²) in [5.41, 5.74) is 1.60. The number of piperidine rings is 1. The van der Waals surface area contributed by atoms with Crippen molar-refractivity contribution < 1.29 is 14.3 Å². The zero-order valence-corrected chi connectivity index (χ0v) is 19.8. The number of aromatic nitrogens is 1. The number of amides is 2. The Kier molecular flexibility index (Phi) is 6.32. The Morgan fingerprint density at radius 3 is 2.94 bits per heavy atom. The van der Waals surface area contributed by atoms with E-state index in [9.17, 15) is 9.59 Å². The van der Waals surface area contributed by atoms with E-state index in [1.165, 1.54) is 4.88 Å². The molecule has 2 amide bonds. The molecule has 33 heavy (non-hydrogen) atoms. The summed E-state index contributed by atoms with van der Waals surface area (Å²) in [6, 6.07) is 6.22. The minimum absolute atomic E-state index is 0.00841. The average Bonchev–Trinajstić information content (AvgIpc) is 3.30. The Morgan fingerprint density at radius 1 is 1.36 bits per heavy atom. The lowest BCUT2D eigenvalue weighted by molar-refractivity contribution is -0.139. The molecule has 5 rings (SSSR count). The van der Waals surface area contributed by atoms with E-state index in [4.69, 9.17) is 4.74 Å². The molecule has 0 saturated carbocycles. The van der Waals surface area contributed by atoms with E-state index in [1.807, 2.05) is 6.08 Å². The van der Waals surface area contributed by atoms with Gasteiger partial charge in [0.05, 0.1) is 18.1 Å². The first-order chi connectivity index (χ1) is 16.0. The van der Waals surface area contributed by atoms with Crippen molar-refractivity contribution in [2.45, 2.75) is 31.8 Å². The van der Waals surface area contributed by atoms with Gasteiger partial charge < -0.3 is 19.9 Å². The number of likely N-dealkylation sites (tertiary alicyclic amines) is 2. The lowest BCUT2D eigenvalue weighted by atomic mass is 9.71. The van der Waals surface area contributed by atoms with Crippen LogP contribution < -0.4 is 5.32 Å². The molecule has 5 heterocycles. The van der Waals surface area contributed by atoms with Crippen LogP contribution in [0, 0.1) is 5.41 Å². The molecular weight excluding hydrogens is 436 g/mol. The zero-order chi connectivity index (χ0) is 22.8. The summed E-state index contributed by atoms with van der Waals surface area (Å²) in [4.78, 5) is 35.1. The largest absolute Gasteiger partial charge is 0.374 e. The summed E-state index contributed by atoms with van der Waals surface area (Å²) in [7, 11) is 2.10. The van der Waals surface area contributed by atoms with E-state index in [2.05, 4.69) is 45.8 Å². The van der Waals surface area contributed by atoms with Crippen molar-refractivity contribution in [2.24, 2.45) is 5.41 Å². The van der Waals surface area contributed by atoms with Crippen LogP contribution in [0.15, 0.2) is 35.9 Å². The van der Waals surface area contributed by atoms with Crippen molar-refractivity contribution in [1.29, 1.82) is 0 Å². The van der Waals surface area contributed by atoms with Crippen molar-refractivity contribution in [3.8, 4) is 0 Å². The van der Waals surface area contributed by atoms with E-state index < -0.39 is 0 Å². The van der Waals surface area contributed by atoms with Gasteiger partial charge in [-0.05, 0) is 74.1 Å². The van der Waals surface area contributed by atoms with Gasteiger partial charge in [-0.3, -0.25) is 9.59 Å². The lowest BCUT2D eigenvalue weighted by Gasteiger charge is -2.42. The van der Waals surface area contributed by atoms with Crippen molar-refractivity contribution in [3.63, 3.8) is 0 Å². The number of rotatable bonds is 6. The van der Waals surface area contributed by atoms with E-state index in [1.54, 1.807) is 28.5 Å². The number of thiophene rings is 1. The number of hydrogen-bond donors (Lipinski definition) is 1. The molecule has 3 aliphatic rings. The van der Waals surface area contributed by atoms with Gasteiger partial charge in [0.1, 0.15) is 5.82 Å². The highest BCUT2D eigenvalue weighted by Crippen LogP contribution is 2.40. The highest BCUT2D eigenvalue weighted by atomic mass is 32.1. The molecule has 2 aromatic rings. The van der Waals surface area contributed by atoms with Gasteiger partial charge in [-0.1, -0.05) is 6.07 Å². The summed E-state index contributed by atoms with van der Waals surface area (Å²) < 4.78 is 5.87. The lowest BCUT2D eigenvalue weighted by Crippen LogP contribution is -2.54. The monoisotopic (exact) mass is 466 g/mol. The standard InChI is InChI=1S/C25H30N4O3S/c1-28-9-7-25(8-10-28)14-19-13-18(15-26-23(19)27-24(25)31)4-5-22(30)29-16-20(17-29)32-11-6-21-3-2-12-33-21/h2-5,12-13,15,20H,6-11,14,16-17H2,1H3,(H,26,27,31). The molecule has 0 aliphatic carbocycles. The predicted octanol–water partition coefficient (Wildman–Crippen LogP) is 2.83. The second-order valence-electron chi connectivity index (χ2n) is 9.39. The van der Waals surface area contributed by atoms with Crippen molar-refractivity contribution in [1.82, 2.24) is 14.8 Å². The third-order valence-corrected chi connectivity index (χ3v) is 7.97. The van der Waals surface area contributed by atoms with E-state index in [0.29, 0.717) is 31.9 Å². The van der Waals surface area contributed by atoms with Crippen LogP contribution in [0.5, 0.6) is 0 Å². The number of fused-ring (bicyclic) bond motifs is 1. The molecule has 2 fully saturated rings. The Labute approximate surface area is 198 Å². The van der Waals surface area contributed by atoms with Crippen LogP contribution in [0.4, 0.5) is 5.82 Å². The second kappa shape index (κ2) is 9.37. The van der Waals surface area contributed by atoms with Gasteiger partial charge >= 0.3 is 0 Å². The van der Waals surface area contributed by atoms with Gasteiger partial charge in [0.25, 0.3) is 0 Å². The van der Waals surface area contributed by atoms with Crippen LogP contribution >= 0.6 is 11.3 Å². The highest BCUT2D eigenvalue weighted by molar-refractivity contribution is 7.09. The molecular formula is C25H30N4O3S. The minimum Gasteiger partial charge on any atom is -0.374 e. The number of carbonyl (C=O) groups excluding carboxylic acids is 2. The SMILES string of the molecule is CN1CCC2(CC1)Cc1cc(C=CC(=O)N3CC(OCCc4cccs4)C3)cnc1NC2=O. The smallest absolute Gasteiger partial charge is 0.246 e. The maximum atomic E-state index is 12.8. The fourth-order valence-electron chi connectivity index (χ4n) is 4.78. The molecule has 7 nitrogen and oxygen atoms in total. The summed E-state index contributed by atoms with van der Waals surface area (Å²) in [5, 5.41) is 5.09. The maximum absolute atomic E-state index is 12.8. The highest BCUT2D eigenvalue weighted by Gasteiger charge is 2.44. The number of pyridine rings is 1. The molecule has 1 N–H and O–H groups in total. The first kappa shape index (κ1) is 22.3. The topological polar surface area (TPSA) is 74.8 Å². The fourth-order valence-corrected chi connectivity index (χ4v) is 5.47. The number of nitrogens with one attached hydrogen (secondary N) is 1. The van der Waals surface area contributed by atoms with Crippen LogP contribution in [-0.4, -0.2) is 72.5 Å². The fraction of sp³-hybridized carbons (Fsp3) is 0.480. The van der Waals surface area contributed by atoms with Crippen LogP contribution in [0.2, 0.25) is 0 Å². The molecule has 2 aromatic heterocycles. The van der Waals surface area contributed by atoms with Crippen LogP contribution in [0.3, 0.4) is 0 Å². The number of hydrogen-bond acceptors (Lipinski definition) is 6. The Bertz CT molecular complexity index is 1040. The van der Waals surface area contributed by atoms with Gasteiger partial charge in [0.2, 0.25) is 11.8 Å². The molecule has 3 aliphatic heterocycles. The Morgan fingerprint density at radius 2 is 2.18 bits per heavy atom.